The fourth-order valence-electron chi connectivity index (χ4n) is 1.90. The molecule has 0 fully saturated rings. The third-order valence-electron chi connectivity index (χ3n) is 2.84. The van der Waals surface area contributed by atoms with Crippen LogP contribution in [0, 0.1) is 0 Å². The number of alkyl halides is 3. The van der Waals surface area contributed by atoms with E-state index < -0.39 is 17.8 Å². The Morgan fingerprint density at radius 3 is 2.55 bits per heavy atom. The van der Waals surface area contributed by atoms with Gasteiger partial charge in [-0.1, -0.05) is 18.2 Å². The minimum Gasteiger partial charge on any atom is -0.392 e. The minimum absolute atomic E-state index is 0.203. The summed E-state index contributed by atoms with van der Waals surface area (Å²) in [5.74, 6) is 0. The van der Waals surface area contributed by atoms with Crippen molar-refractivity contribution in [2.75, 3.05) is 0 Å². The Balaban J connectivity index is 2.05. The van der Waals surface area contributed by atoms with E-state index in [0.29, 0.717) is 12.0 Å². The molecule has 1 unspecified atom stereocenters. The number of hydrogen-bond donors (Lipinski definition) is 1. The largest absolute Gasteiger partial charge is 0.416 e. The number of aliphatic hydroxyl groups excluding tert-OH is 1. The molecule has 108 valence electrons. The topological polar surface area (TPSA) is 20.2 Å². The van der Waals surface area contributed by atoms with Crippen LogP contribution in [0.25, 0.3) is 0 Å². The Hall–Kier alpha value is -0.850. The molecule has 0 saturated carbocycles. The lowest BCUT2D eigenvalue weighted by molar-refractivity contribution is -0.137. The monoisotopic (exact) mass is 364 g/mol. The summed E-state index contributed by atoms with van der Waals surface area (Å²) in [6.07, 6.45) is -4.42. The van der Waals surface area contributed by atoms with Crippen molar-refractivity contribution in [1.29, 1.82) is 0 Å². The lowest BCUT2D eigenvalue weighted by atomic mass is 10.0. The van der Waals surface area contributed by atoms with Crippen LogP contribution in [0.5, 0.6) is 0 Å². The highest BCUT2D eigenvalue weighted by Gasteiger charge is 2.30. The maximum absolute atomic E-state index is 12.6. The highest BCUT2D eigenvalue weighted by Crippen LogP contribution is 2.30. The minimum atomic E-state index is -4.35. The van der Waals surface area contributed by atoms with Gasteiger partial charge in [0, 0.05) is 15.8 Å². The molecule has 1 aromatic heterocycles. The van der Waals surface area contributed by atoms with Crippen LogP contribution in [-0.4, -0.2) is 11.2 Å². The molecular formula is C14H12BrF3OS. The molecule has 0 aliphatic carbocycles. The zero-order valence-corrected chi connectivity index (χ0v) is 12.7. The van der Waals surface area contributed by atoms with Gasteiger partial charge in [0.1, 0.15) is 0 Å². The molecule has 0 spiro atoms. The first-order valence-electron chi connectivity index (χ1n) is 5.92. The third kappa shape index (κ3) is 4.07. The average Bonchev–Trinajstić information content (AvgIpc) is 2.74. The fourth-order valence-corrected chi connectivity index (χ4v) is 3.49. The van der Waals surface area contributed by atoms with Gasteiger partial charge in [-0.05, 0) is 45.4 Å². The summed E-state index contributed by atoms with van der Waals surface area (Å²) in [6.45, 7) is 0. The molecule has 1 heterocycles. The smallest absolute Gasteiger partial charge is 0.392 e. The van der Waals surface area contributed by atoms with Gasteiger partial charge in [0.25, 0.3) is 0 Å². The molecule has 2 aromatic rings. The molecule has 2 rings (SSSR count). The highest BCUT2D eigenvalue weighted by atomic mass is 79.9. The van der Waals surface area contributed by atoms with Gasteiger partial charge in [0.05, 0.1) is 11.7 Å². The predicted octanol–water partition coefficient (Wildman–Crippen LogP) is 4.68. The second kappa shape index (κ2) is 6.28. The standard InChI is InChI=1S/C14H12BrF3OS/c15-12-4-5-20-13(12)8-11(19)7-9-2-1-3-10(6-9)14(16,17)18/h1-6,11,19H,7-8H2. The van der Waals surface area contributed by atoms with E-state index in [9.17, 15) is 18.3 Å². The van der Waals surface area contributed by atoms with Crippen molar-refractivity contribution in [1.82, 2.24) is 0 Å². The molecule has 0 bridgehead atoms. The first-order chi connectivity index (χ1) is 9.36. The molecule has 20 heavy (non-hydrogen) atoms. The zero-order valence-electron chi connectivity index (χ0n) is 10.3. The number of aliphatic hydroxyl groups is 1. The summed E-state index contributed by atoms with van der Waals surface area (Å²) >= 11 is 4.88. The van der Waals surface area contributed by atoms with E-state index in [2.05, 4.69) is 15.9 Å². The Morgan fingerprint density at radius 2 is 1.95 bits per heavy atom. The Kier molecular flexibility index (Phi) is 4.88. The molecule has 1 atom stereocenters. The van der Waals surface area contributed by atoms with Gasteiger partial charge >= 0.3 is 6.18 Å². The van der Waals surface area contributed by atoms with Crippen LogP contribution in [0.3, 0.4) is 0 Å². The average molecular weight is 365 g/mol. The van der Waals surface area contributed by atoms with Crippen molar-refractivity contribution < 1.29 is 18.3 Å². The molecule has 1 aromatic carbocycles. The van der Waals surface area contributed by atoms with Crippen molar-refractivity contribution >= 4 is 27.3 Å². The van der Waals surface area contributed by atoms with Crippen LogP contribution in [-0.2, 0) is 19.0 Å². The lowest BCUT2D eigenvalue weighted by Crippen LogP contribution is -2.14. The van der Waals surface area contributed by atoms with Gasteiger partial charge in [-0.15, -0.1) is 11.3 Å². The van der Waals surface area contributed by atoms with Crippen molar-refractivity contribution in [3.63, 3.8) is 0 Å². The highest BCUT2D eigenvalue weighted by molar-refractivity contribution is 9.10. The summed E-state index contributed by atoms with van der Waals surface area (Å²) in [4.78, 5) is 0.990. The SMILES string of the molecule is OC(Cc1cccc(C(F)(F)F)c1)Cc1sccc1Br. The Labute approximate surface area is 127 Å². The Bertz CT molecular complexity index is 580. The van der Waals surface area contributed by atoms with Crippen molar-refractivity contribution in [3.05, 3.63) is 56.2 Å². The van der Waals surface area contributed by atoms with Crippen molar-refractivity contribution in [3.8, 4) is 0 Å². The summed E-state index contributed by atoms with van der Waals surface area (Å²) in [7, 11) is 0. The normalized spacial score (nSPS) is 13.4. The van der Waals surface area contributed by atoms with E-state index in [0.717, 1.165) is 21.5 Å². The second-order valence-corrected chi connectivity index (χ2v) is 6.31. The molecule has 0 aliphatic heterocycles. The van der Waals surface area contributed by atoms with Gasteiger partial charge in [-0.25, -0.2) is 0 Å². The summed E-state index contributed by atoms with van der Waals surface area (Å²) in [5, 5.41) is 11.9. The van der Waals surface area contributed by atoms with Crippen LogP contribution in [0.1, 0.15) is 16.0 Å². The fraction of sp³-hybridized carbons (Fsp3) is 0.286. The number of thiophene rings is 1. The van der Waals surface area contributed by atoms with Gasteiger partial charge in [-0.3, -0.25) is 0 Å². The van der Waals surface area contributed by atoms with Crippen LogP contribution in [0.15, 0.2) is 40.2 Å². The number of halogens is 4. The molecule has 6 heteroatoms. The molecule has 0 radical (unpaired) electrons. The number of hydrogen-bond acceptors (Lipinski definition) is 2. The van der Waals surface area contributed by atoms with E-state index in [1.165, 1.54) is 17.4 Å². The molecule has 0 saturated heterocycles. The molecular weight excluding hydrogens is 353 g/mol. The van der Waals surface area contributed by atoms with Gasteiger partial charge in [-0.2, -0.15) is 13.2 Å². The summed E-state index contributed by atoms with van der Waals surface area (Å²) < 4.78 is 38.7. The van der Waals surface area contributed by atoms with E-state index in [1.807, 2.05) is 11.4 Å². The summed E-state index contributed by atoms with van der Waals surface area (Å²) in [6, 6.07) is 6.98. The van der Waals surface area contributed by atoms with E-state index in [1.54, 1.807) is 6.07 Å². The molecule has 1 nitrogen and oxygen atoms in total. The number of rotatable bonds is 4. The second-order valence-electron chi connectivity index (χ2n) is 4.45. The molecule has 0 aliphatic rings. The van der Waals surface area contributed by atoms with Crippen LogP contribution < -0.4 is 0 Å². The quantitative estimate of drug-likeness (QED) is 0.835. The van der Waals surface area contributed by atoms with E-state index >= 15 is 0 Å². The zero-order chi connectivity index (χ0) is 14.8. The van der Waals surface area contributed by atoms with Crippen LogP contribution in [0.4, 0.5) is 13.2 Å². The van der Waals surface area contributed by atoms with Gasteiger partial charge < -0.3 is 5.11 Å². The van der Waals surface area contributed by atoms with Gasteiger partial charge in [0.2, 0.25) is 0 Å². The maximum atomic E-state index is 12.6. The van der Waals surface area contributed by atoms with E-state index in [-0.39, 0.29) is 6.42 Å². The molecule has 1 N–H and O–H groups in total. The van der Waals surface area contributed by atoms with Crippen LogP contribution in [0.2, 0.25) is 0 Å². The predicted molar refractivity (Wildman–Crippen MR) is 76.9 cm³/mol. The van der Waals surface area contributed by atoms with Gasteiger partial charge in [0.15, 0.2) is 0 Å². The summed E-state index contributed by atoms with van der Waals surface area (Å²) in [5.41, 5.74) is -0.195. The lowest BCUT2D eigenvalue weighted by Gasteiger charge is -2.12. The van der Waals surface area contributed by atoms with Crippen molar-refractivity contribution in [2.24, 2.45) is 0 Å². The van der Waals surface area contributed by atoms with Crippen LogP contribution >= 0.6 is 27.3 Å². The third-order valence-corrected chi connectivity index (χ3v) is 4.79. The Morgan fingerprint density at radius 1 is 1.20 bits per heavy atom. The molecule has 0 amide bonds. The first kappa shape index (κ1) is 15.5. The van der Waals surface area contributed by atoms with E-state index in [4.69, 9.17) is 0 Å². The first-order valence-corrected chi connectivity index (χ1v) is 7.59. The maximum Gasteiger partial charge on any atom is 0.416 e. The number of benzene rings is 1. The van der Waals surface area contributed by atoms with Crippen molar-refractivity contribution in [2.45, 2.75) is 25.1 Å².